The summed E-state index contributed by atoms with van der Waals surface area (Å²) in [5, 5.41) is 5.82. The first kappa shape index (κ1) is 14.1. The minimum atomic E-state index is -0.363. The van der Waals surface area contributed by atoms with Gasteiger partial charge >= 0.3 is 0 Å². The predicted molar refractivity (Wildman–Crippen MR) is 84.7 cm³/mol. The fourth-order valence-electron chi connectivity index (χ4n) is 2.40. The Morgan fingerprint density at radius 2 is 2.05 bits per heavy atom. The van der Waals surface area contributed by atoms with Crippen molar-refractivity contribution in [3.63, 3.8) is 0 Å². The fraction of sp³-hybridized carbons (Fsp3) is 0.188. The molecule has 0 radical (unpaired) electrons. The average molecular weight is 296 g/mol. The molecule has 1 unspecified atom stereocenters. The van der Waals surface area contributed by atoms with Crippen LogP contribution in [0.2, 0.25) is 0 Å². The van der Waals surface area contributed by atoms with Crippen LogP contribution in [0.25, 0.3) is 0 Å². The molecule has 2 amide bonds. The van der Waals surface area contributed by atoms with E-state index in [9.17, 15) is 9.59 Å². The van der Waals surface area contributed by atoms with Gasteiger partial charge in [0.2, 0.25) is 11.8 Å². The van der Waals surface area contributed by atoms with Crippen molar-refractivity contribution in [3.05, 3.63) is 48.7 Å². The second-order valence-electron chi connectivity index (χ2n) is 5.07. The van der Waals surface area contributed by atoms with Crippen LogP contribution >= 0.6 is 0 Å². The van der Waals surface area contributed by atoms with Crippen LogP contribution in [0.15, 0.2) is 48.7 Å². The maximum atomic E-state index is 12.3. The Morgan fingerprint density at radius 3 is 2.82 bits per heavy atom. The van der Waals surface area contributed by atoms with E-state index < -0.39 is 0 Å². The van der Waals surface area contributed by atoms with Crippen LogP contribution in [0.3, 0.4) is 0 Å². The molecule has 112 valence electrons. The Balaban J connectivity index is 1.79. The number of hydrogen-bond acceptors (Lipinski definition) is 4. The summed E-state index contributed by atoms with van der Waals surface area (Å²) in [4.78, 5) is 30.1. The van der Waals surface area contributed by atoms with Gasteiger partial charge in [-0.1, -0.05) is 18.2 Å². The topological polar surface area (TPSA) is 74.3 Å². The first-order chi connectivity index (χ1) is 10.6. The third kappa shape index (κ3) is 2.76. The molecular formula is C16H16N4O2. The van der Waals surface area contributed by atoms with Crippen molar-refractivity contribution in [3.8, 4) is 0 Å². The summed E-state index contributed by atoms with van der Waals surface area (Å²) in [5.74, 6) is 0.0576. The van der Waals surface area contributed by atoms with E-state index in [-0.39, 0.29) is 24.4 Å². The molecule has 22 heavy (non-hydrogen) atoms. The number of benzene rings is 1. The maximum absolute atomic E-state index is 12.3. The van der Waals surface area contributed by atoms with E-state index in [1.165, 1.54) is 4.90 Å². The molecule has 2 aromatic rings. The molecule has 1 aliphatic heterocycles. The Kier molecular flexibility index (Phi) is 3.74. The summed E-state index contributed by atoms with van der Waals surface area (Å²) in [5.41, 5.74) is 1.56. The van der Waals surface area contributed by atoms with E-state index >= 15 is 0 Å². The molecule has 0 spiro atoms. The number of fused-ring (bicyclic) bond motifs is 1. The Morgan fingerprint density at radius 1 is 1.27 bits per heavy atom. The normalized spacial score (nSPS) is 16.7. The molecule has 1 aliphatic rings. The van der Waals surface area contributed by atoms with E-state index in [2.05, 4.69) is 15.6 Å². The van der Waals surface area contributed by atoms with Crippen molar-refractivity contribution < 1.29 is 9.59 Å². The summed E-state index contributed by atoms with van der Waals surface area (Å²) >= 11 is 0. The first-order valence-electron chi connectivity index (χ1n) is 7.03. The number of para-hydroxylation sites is 2. The first-order valence-corrected chi connectivity index (χ1v) is 7.03. The van der Waals surface area contributed by atoms with Gasteiger partial charge in [-0.3, -0.25) is 14.5 Å². The summed E-state index contributed by atoms with van der Waals surface area (Å²) < 4.78 is 0. The van der Waals surface area contributed by atoms with Gasteiger partial charge in [0.15, 0.2) is 0 Å². The molecule has 0 saturated carbocycles. The number of carbonyl (C=O) groups excluding carboxylic acids is 2. The molecule has 3 rings (SSSR count). The third-order valence-electron chi connectivity index (χ3n) is 3.44. The van der Waals surface area contributed by atoms with Crippen LogP contribution in [-0.4, -0.2) is 29.4 Å². The van der Waals surface area contributed by atoms with E-state index in [1.54, 1.807) is 31.3 Å². The van der Waals surface area contributed by atoms with Gasteiger partial charge in [-0.25, -0.2) is 4.98 Å². The lowest BCUT2D eigenvalue weighted by molar-refractivity contribution is -0.122. The zero-order valence-electron chi connectivity index (χ0n) is 12.1. The highest BCUT2D eigenvalue weighted by Gasteiger charge is 2.30. The molecule has 1 aromatic carbocycles. The number of rotatable bonds is 3. The van der Waals surface area contributed by atoms with Crippen molar-refractivity contribution in [2.75, 3.05) is 22.1 Å². The van der Waals surface area contributed by atoms with Crippen LogP contribution in [-0.2, 0) is 9.59 Å². The van der Waals surface area contributed by atoms with Crippen LogP contribution in [0.5, 0.6) is 0 Å². The number of amides is 2. The van der Waals surface area contributed by atoms with Gasteiger partial charge in [0.05, 0.1) is 11.4 Å². The number of nitrogens with one attached hydrogen (secondary N) is 2. The number of carbonyl (C=O) groups is 2. The minimum absolute atomic E-state index is 0.0432. The molecular weight excluding hydrogens is 280 g/mol. The molecule has 0 bridgehead atoms. The smallest absolute Gasteiger partial charge is 0.249 e. The molecule has 0 saturated heterocycles. The van der Waals surface area contributed by atoms with Crippen molar-refractivity contribution in [2.45, 2.75) is 13.0 Å². The van der Waals surface area contributed by atoms with Crippen LogP contribution in [0.4, 0.5) is 17.2 Å². The number of anilines is 3. The lowest BCUT2D eigenvalue weighted by Gasteiger charge is -2.33. The Hall–Kier alpha value is -2.89. The highest BCUT2D eigenvalue weighted by atomic mass is 16.2. The van der Waals surface area contributed by atoms with E-state index in [1.807, 2.05) is 24.3 Å². The molecule has 1 atom stereocenters. The average Bonchev–Trinajstić information content (AvgIpc) is 2.53. The van der Waals surface area contributed by atoms with Gasteiger partial charge in [0, 0.05) is 6.20 Å². The monoisotopic (exact) mass is 296 g/mol. The zero-order valence-corrected chi connectivity index (χ0v) is 12.1. The van der Waals surface area contributed by atoms with E-state index in [0.29, 0.717) is 11.5 Å². The number of aromatic nitrogens is 1. The summed E-state index contributed by atoms with van der Waals surface area (Å²) in [6.07, 6.45) is 1.60. The Bertz CT molecular complexity index is 702. The molecule has 6 heteroatoms. The molecule has 2 heterocycles. The van der Waals surface area contributed by atoms with Crippen molar-refractivity contribution in [1.82, 2.24) is 4.98 Å². The minimum Gasteiger partial charge on any atom is -0.372 e. The van der Waals surface area contributed by atoms with Gasteiger partial charge < -0.3 is 10.6 Å². The second kappa shape index (κ2) is 5.85. The number of hydrogen-bond donors (Lipinski definition) is 2. The molecule has 6 nitrogen and oxygen atoms in total. The summed E-state index contributed by atoms with van der Waals surface area (Å²) in [6.45, 7) is 1.74. The van der Waals surface area contributed by atoms with Crippen molar-refractivity contribution >= 4 is 29.0 Å². The quantitative estimate of drug-likeness (QED) is 0.906. The van der Waals surface area contributed by atoms with Gasteiger partial charge in [-0.15, -0.1) is 0 Å². The highest BCUT2D eigenvalue weighted by molar-refractivity contribution is 6.09. The van der Waals surface area contributed by atoms with Crippen LogP contribution in [0.1, 0.15) is 6.92 Å². The Labute approximate surface area is 128 Å². The van der Waals surface area contributed by atoms with Gasteiger partial charge in [-0.2, -0.15) is 0 Å². The van der Waals surface area contributed by atoms with E-state index in [4.69, 9.17) is 0 Å². The maximum Gasteiger partial charge on any atom is 0.249 e. The third-order valence-corrected chi connectivity index (χ3v) is 3.44. The molecule has 0 fully saturated rings. The molecule has 0 aliphatic carbocycles. The SMILES string of the molecule is CC1Nc2ccccc2N(CC(=O)Nc2ccccn2)C1=O. The van der Waals surface area contributed by atoms with Crippen LogP contribution < -0.4 is 15.5 Å². The highest BCUT2D eigenvalue weighted by Crippen LogP contribution is 2.30. The molecule has 2 N–H and O–H groups in total. The lowest BCUT2D eigenvalue weighted by atomic mass is 10.1. The number of pyridine rings is 1. The zero-order chi connectivity index (χ0) is 15.5. The second-order valence-corrected chi connectivity index (χ2v) is 5.07. The van der Waals surface area contributed by atoms with Crippen molar-refractivity contribution in [2.24, 2.45) is 0 Å². The summed E-state index contributed by atoms with van der Waals surface area (Å²) in [7, 11) is 0. The van der Waals surface area contributed by atoms with Gasteiger partial charge in [-0.05, 0) is 31.2 Å². The predicted octanol–water partition coefficient (Wildman–Crippen LogP) is 1.87. The summed E-state index contributed by atoms with van der Waals surface area (Å²) in [6, 6.07) is 12.3. The van der Waals surface area contributed by atoms with Crippen molar-refractivity contribution in [1.29, 1.82) is 0 Å². The standard InChI is InChI=1S/C16H16N4O2/c1-11-16(22)20(13-7-3-2-6-12(13)18-11)10-15(21)19-14-8-4-5-9-17-14/h2-9,11,18H,10H2,1H3,(H,17,19,21). The van der Waals surface area contributed by atoms with Gasteiger partial charge in [0.25, 0.3) is 0 Å². The lowest BCUT2D eigenvalue weighted by Crippen LogP contribution is -2.48. The largest absolute Gasteiger partial charge is 0.372 e. The molecule has 1 aromatic heterocycles. The van der Waals surface area contributed by atoms with Crippen LogP contribution in [0, 0.1) is 0 Å². The fourth-order valence-corrected chi connectivity index (χ4v) is 2.40. The van der Waals surface area contributed by atoms with E-state index in [0.717, 1.165) is 5.69 Å². The number of nitrogens with zero attached hydrogens (tertiary/aromatic N) is 2. The van der Waals surface area contributed by atoms with Gasteiger partial charge in [0.1, 0.15) is 18.4 Å².